The number of sulfonamides is 1. The molecule has 11 heteroatoms. The smallest absolute Gasteiger partial charge is 0.341 e. The number of carbonyl (C=O) groups excluding carboxylic acids is 2. The number of benzene rings is 2. The molecule has 3 aromatic rings. The molecule has 194 valence electrons. The lowest BCUT2D eigenvalue weighted by molar-refractivity contribution is -0.112. The van der Waals surface area contributed by atoms with Crippen LogP contribution in [0.25, 0.3) is 10.4 Å². The number of rotatable bonds is 11. The number of nitrogens with one attached hydrogen (secondary N) is 1. The number of aldehydes is 1. The quantitative estimate of drug-likeness (QED) is 0.153. The maximum absolute atomic E-state index is 11.8. The number of hydrogen-bond donors (Lipinski definition) is 1. The summed E-state index contributed by atoms with van der Waals surface area (Å²) >= 11 is 2.67. The van der Waals surface area contributed by atoms with Crippen LogP contribution in [0.15, 0.2) is 60.7 Å². The predicted octanol–water partition coefficient (Wildman–Crippen LogP) is 5.08. The van der Waals surface area contributed by atoms with Gasteiger partial charge < -0.3 is 19.6 Å². The minimum atomic E-state index is -3.31. The van der Waals surface area contributed by atoms with Crippen molar-refractivity contribution in [2.45, 2.75) is 13.5 Å². The maximum Gasteiger partial charge on any atom is 0.341 e. The van der Waals surface area contributed by atoms with Crippen molar-refractivity contribution >= 4 is 56.3 Å². The molecule has 0 radical (unpaired) electrons. The Morgan fingerprint density at radius 1 is 1.14 bits per heavy atom. The number of nitrogens with zero attached hydrogens (tertiary/aromatic N) is 1. The van der Waals surface area contributed by atoms with Crippen LogP contribution in [0, 0.1) is 0 Å². The molecule has 2 aromatic carbocycles. The number of thiophene rings is 1. The van der Waals surface area contributed by atoms with Gasteiger partial charge in [-0.05, 0) is 48.2 Å². The fourth-order valence-corrected chi connectivity index (χ4v) is 6.01. The van der Waals surface area contributed by atoms with Gasteiger partial charge >= 0.3 is 5.97 Å². The summed E-state index contributed by atoms with van der Waals surface area (Å²) in [5.41, 5.74) is 3.09. The molecule has 0 fully saturated rings. The third kappa shape index (κ3) is 8.66. The standard InChI is InChI=1S/C14H15NO2S.C11H15NO4S2/c1-3-17-14(16)11-9-12(18-13(11)15-2)10-7-5-4-6-8-10;1-17-12(18(2,14)15)11-5-3-4-10(8-11)9-16-7-6-13/h4-9,15H,3H2,1-2H3;3-6,8H,7,9H2,1-2H3. The molecule has 0 amide bonds. The van der Waals surface area contributed by atoms with Crippen LogP contribution in [-0.4, -0.2) is 53.4 Å². The molecular formula is C25H30N2O6S3. The van der Waals surface area contributed by atoms with Crippen molar-refractivity contribution in [2.75, 3.05) is 41.8 Å². The molecule has 1 aromatic heterocycles. The fourth-order valence-electron chi connectivity index (χ4n) is 3.10. The molecular weight excluding hydrogens is 520 g/mol. The second-order valence-electron chi connectivity index (χ2n) is 7.21. The third-order valence-corrected chi connectivity index (χ3v) is 8.37. The van der Waals surface area contributed by atoms with Crippen molar-refractivity contribution in [1.82, 2.24) is 0 Å². The van der Waals surface area contributed by atoms with Gasteiger partial charge in [-0.3, -0.25) is 0 Å². The Bertz CT molecular complexity index is 1230. The van der Waals surface area contributed by atoms with E-state index in [-0.39, 0.29) is 19.2 Å². The van der Waals surface area contributed by atoms with Crippen LogP contribution in [-0.2, 0) is 30.9 Å². The molecule has 0 aliphatic heterocycles. The monoisotopic (exact) mass is 550 g/mol. The molecule has 1 heterocycles. The summed E-state index contributed by atoms with van der Waals surface area (Å²) in [6.07, 6.45) is 3.52. The summed E-state index contributed by atoms with van der Waals surface area (Å²) in [6, 6.07) is 18.9. The SMILES string of the molecule is CCOC(=O)c1cc(-c2ccccc2)sc1NC.CSN(c1cccc(COCC=O)c1)S(C)(=O)=O. The van der Waals surface area contributed by atoms with Crippen molar-refractivity contribution < 1.29 is 27.5 Å². The molecule has 1 N–H and O–H groups in total. The first-order valence-electron chi connectivity index (χ1n) is 10.9. The van der Waals surface area contributed by atoms with Gasteiger partial charge in [-0.1, -0.05) is 42.5 Å². The summed E-state index contributed by atoms with van der Waals surface area (Å²) in [7, 11) is -1.50. The Kier molecular flexibility index (Phi) is 11.9. The van der Waals surface area contributed by atoms with Gasteiger partial charge in [-0.15, -0.1) is 11.3 Å². The molecule has 0 atom stereocenters. The van der Waals surface area contributed by atoms with Crippen LogP contribution in [0.2, 0.25) is 0 Å². The number of esters is 1. The minimum absolute atomic E-state index is 0.0303. The van der Waals surface area contributed by atoms with Crippen molar-refractivity contribution in [2.24, 2.45) is 0 Å². The summed E-state index contributed by atoms with van der Waals surface area (Å²) < 4.78 is 34.5. The average Bonchev–Trinajstić information content (AvgIpc) is 3.30. The van der Waals surface area contributed by atoms with Crippen LogP contribution in [0.4, 0.5) is 10.7 Å². The summed E-state index contributed by atoms with van der Waals surface area (Å²) in [5.74, 6) is -0.278. The molecule has 0 aliphatic carbocycles. The number of ether oxygens (including phenoxy) is 2. The second-order valence-corrected chi connectivity index (χ2v) is 11.1. The van der Waals surface area contributed by atoms with E-state index >= 15 is 0 Å². The highest BCUT2D eigenvalue weighted by molar-refractivity contribution is 8.14. The number of hydrogen-bond acceptors (Lipinski definition) is 9. The summed E-state index contributed by atoms with van der Waals surface area (Å²) in [4.78, 5) is 23.0. The van der Waals surface area contributed by atoms with E-state index in [1.54, 1.807) is 42.7 Å². The van der Waals surface area contributed by atoms with Crippen molar-refractivity contribution in [3.8, 4) is 10.4 Å². The van der Waals surface area contributed by atoms with Crippen LogP contribution < -0.4 is 9.03 Å². The molecule has 0 saturated carbocycles. The Morgan fingerprint density at radius 3 is 2.44 bits per heavy atom. The van der Waals surface area contributed by atoms with Crippen molar-refractivity contribution in [3.05, 3.63) is 71.8 Å². The van der Waals surface area contributed by atoms with Crippen LogP contribution in [0.1, 0.15) is 22.8 Å². The first-order valence-corrected chi connectivity index (χ1v) is 14.8. The topological polar surface area (TPSA) is 102 Å². The van der Waals surface area contributed by atoms with Gasteiger partial charge in [0.1, 0.15) is 17.9 Å². The van der Waals surface area contributed by atoms with Gasteiger partial charge in [0.05, 0.1) is 30.7 Å². The zero-order valence-corrected chi connectivity index (χ0v) is 23.0. The lowest BCUT2D eigenvalue weighted by atomic mass is 10.1. The van der Waals surface area contributed by atoms with Gasteiger partial charge in [0.2, 0.25) is 10.0 Å². The normalized spacial score (nSPS) is 10.7. The largest absolute Gasteiger partial charge is 0.462 e. The first-order chi connectivity index (χ1) is 17.2. The van der Waals surface area contributed by atoms with Crippen molar-refractivity contribution in [3.63, 3.8) is 0 Å². The zero-order valence-electron chi connectivity index (χ0n) is 20.6. The molecule has 0 saturated heterocycles. The molecule has 0 unspecified atom stereocenters. The number of carbonyl (C=O) groups is 2. The molecule has 0 bridgehead atoms. The Hall–Kier alpha value is -2.86. The van der Waals surface area contributed by atoms with E-state index < -0.39 is 10.0 Å². The maximum atomic E-state index is 11.8. The Labute approximate surface area is 220 Å². The first kappa shape index (κ1) is 29.4. The van der Waals surface area contributed by atoms with Gasteiger partial charge in [-0.25, -0.2) is 16.9 Å². The van der Waals surface area contributed by atoms with E-state index in [1.807, 2.05) is 49.5 Å². The van der Waals surface area contributed by atoms with Gasteiger partial charge in [0.25, 0.3) is 0 Å². The molecule has 8 nitrogen and oxygen atoms in total. The summed E-state index contributed by atoms with van der Waals surface area (Å²) in [6.45, 7) is 2.50. The Balaban J connectivity index is 0.000000254. The Morgan fingerprint density at radius 2 is 1.86 bits per heavy atom. The molecule has 0 aliphatic rings. The fraction of sp³-hybridized carbons (Fsp3) is 0.280. The average molecular weight is 551 g/mol. The van der Waals surface area contributed by atoms with E-state index in [2.05, 4.69) is 5.32 Å². The van der Waals surface area contributed by atoms with Gasteiger partial charge in [-0.2, -0.15) is 0 Å². The molecule has 3 rings (SSSR count). The predicted molar refractivity (Wildman–Crippen MR) is 148 cm³/mol. The molecule has 36 heavy (non-hydrogen) atoms. The van der Waals surface area contributed by atoms with E-state index in [0.29, 0.717) is 24.1 Å². The van der Waals surface area contributed by atoms with Gasteiger partial charge in [0.15, 0.2) is 0 Å². The second kappa shape index (κ2) is 14.6. The highest BCUT2D eigenvalue weighted by Crippen LogP contribution is 2.35. The lowest BCUT2D eigenvalue weighted by Crippen LogP contribution is -2.22. The van der Waals surface area contributed by atoms with E-state index in [0.717, 1.165) is 39.2 Å². The summed E-state index contributed by atoms with van der Waals surface area (Å²) in [5, 5.41) is 3.88. The van der Waals surface area contributed by atoms with Gasteiger partial charge in [0, 0.05) is 18.2 Å². The van der Waals surface area contributed by atoms with E-state index in [4.69, 9.17) is 9.47 Å². The minimum Gasteiger partial charge on any atom is -0.462 e. The zero-order chi connectivity index (χ0) is 26.6. The lowest BCUT2D eigenvalue weighted by Gasteiger charge is -2.19. The van der Waals surface area contributed by atoms with Crippen LogP contribution in [0.5, 0.6) is 0 Å². The number of anilines is 2. The third-order valence-electron chi connectivity index (χ3n) is 4.56. The van der Waals surface area contributed by atoms with E-state index in [1.165, 1.54) is 3.71 Å². The van der Waals surface area contributed by atoms with Crippen molar-refractivity contribution in [1.29, 1.82) is 0 Å². The van der Waals surface area contributed by atoms with Crippen LogP contribution >= 0.6 is 23.3 Å². The highest BCUT2D eigenvalue weighted by atomic mass is 32.3. The van der Waals surface area contributed by atoms with Crippen LogP contribution in [0.3, 0.4) is 0 Å². The molecule has 0 spiro atoms. The highest BCUT2D eigenvalue weighted by Gasteiger charge is 2.17. The van der Waals surface area contributed by atoms with E-state index in [9.17, 15) is 18.0 Å².